The van der Waals surface area contributed by atoms with Gasteiger partial charge in [0.05, 0.1) is 6.42 Å². The molecule has 0 saturated heterocycles. The van der Waals surface area contributed by atoms with E-state index >= 15 is 0 Å². The average molecular weight is 389 g/mol. The lowest BCUT2D eigenvalue weighted by Gasteiger charge is -2.15. The molecule has 0 aliphatic heterocycles. The third-order valence-electron chi connectivity index (χ3n) is 4.64. The number of fused-ring (bicyclic) bond motifs is 1. The van der Waals surface area contributed by atoms with E-state index < -0.39 is 6.04 Å². The first-order valence-electron chi connectivity index (χ1n) is 9.37. The van der Waals surface area contributed by atoms with Crippen LogP contribution in [0.2, 0.25) is 0 Å². The molecule has 3 aromatic carbocycles. The lowest BCUT2D eigenvalue weighted by atomic mass is 10.0. The molecule has 0 aliphatic rings. The van der Waals surface area contributed by atoms with Crippen LogP contribution in [0, 0.1) is 0 Å². The Morgan fingerprint density at radius 1 is 0.897 bits per heavy atom. The molecule has 3 amide bonds. The molecule has 148 valence electrons. The molecule has 6 nitrogen and oxygen atoms in total. The standard InChI is InChI=1S/C23H23N3O3/c1-15(22(28)26-19-12-10-17(11-13-19)23(29)24-2)25-21(27)14-18-8-5-7-16-6-3-4-9-20(16)18/h3-13,15H,14H2,1-2H3,(H,24,29)(H,25,27)(H,26,28)/t15-/m0/s1. The van der Waals surface area contributed by atoms with Crippen LogP contribution in [0.15, 0.2) is 66.7 Å². The van der Waals surface area contributed by atoms with Crippen LogP contribution < -0.4 is 16.0 Å². The zero-order valence-corrected chi connectivity index (χ0v) is 16.4. The van der Waals surface area contributed by atoms with E-state index in [1.807, 2.05) is 42.5 Å². The first kappa shape index (κ1) is 20.1. The van der Waals surface area contributed by atoms with Gasteiger partial charge in [-0.3, -0.25) is 14.4 Å². The van der Waals surface area contributed by atoms with E-state index in [4.69, 9.17) is 0 Å². The maximum absolute atomic E-state index is 12.4. The van der Waals surface area contributed by atoms with Gasteiger partial charge in [0.25, 0.3) is 5.91 Å². The summed E-state index contributed by atoms with van der Waals surface area (Å²) in [6, 6.07) is 19.6. The van der Waals surface area contributed by atoms with Gasteiger partial charge >= 0.3 is 0 Å². The fourth-order valence-corrected chi connectivity index (χ4v) is 3.08. The molecule has 0 aromatic heterocycles. The van der Waals surface area contributed by atoms with Gasteiger partial charge < -0.3 is 16.0 Å². The first-order chi connectivity index (χ1) is 14.0. The highest BCUT2D eigenvalue weighted by molar-refractivity contribution is 5.99. The molecule has 0 fully saturated rings. The molecule has 0 bridgehead atoms. The van der Waals surface area contributed by atoms with Crippen molar-refractivity contribution in [1.82, 2.24) is 10.6 Å². The molecule has 29 heavy (non-hydrogen) atoms. The lowest BCUT2D eigenvalue weighted by Crippen LogP contribution is -2.42. The summed E-state index contributed by atoms with van der Waals surface area (Å²) in [5, 5.41) is 10.1. The number of rotatable bonds is 6. The topological polar surface area (TPSA) is 87.3 Å². The monoisotopic (exact) mass is 389 g/mol. The number of amides is 3. The molecule has 3 aromatic rings. The van der Waals surface area contributed by atoms with Crippen LogP contribution >= 0.6 is 0 Å². The molecule has 0 saturated carbocycles. The number of hydrogen-bond acceptors (Lipinski definition) is 3. The average Bonchev–Trinajstić information content (AvgIpc) is 2.74. The number of anilines is 1. The summed E-state index contributed by atoms with van der Waals surface area (Å²) in [5.41, 5.74) is 1.97. The molecule has 0 aliphatic carbocycles. The quantitative estimate of drug-likeness (QED) is 0.606. The summed E-state index contributed by atoms with van der Waals surface area (Å²) >= 11 is 0. The van der Waals surface area contributed by atoms with Crippen molar-refractivity contribution in [2.45, 2.75) is 19.4 Å². The van der Waals surface area contributed by atoms with Crippen molar-refractivity contribution >= 4 is 34.2 Å². The van der Waals surface area contributed by atoms with Crippen LogP contribution in [0.3, 0.4) is 0 Å². The van der Waals surface area contributed by atoms with Gasteiger partial charge in [0.15, 0.2) is 0 Å². The Balaban J connectivity index is 1.59. The van der Waals surface area contributed by atoms with Crippen molar-refractivity contribution in [3.05, 3.63) is 77.9 Å². The summed E-state index contributed by atoms with van der Waals surface area (Å²) in [7, 11) is 1.56. The Hall–Kier alpha value is -3.67. The highest BCUT2D eigenvalue weighted by Gasteiger charge is 2.17. The van der Waals surface area contributed by atoms with E-state index in [2.05, 4.69) is 16.0 Å². The van der Waals surface area contributed by atoms with E-state index in [0.717, 1.165) is 16.3 Å². The number of benzene rings is 3. The second kappa shape index (κ2) is 9.01. The highest BCUT2D eigenvalue weighted by atomic mass is 16.2. The van der Waals surface area contributed by atoms with Crippen molar-refractivity contribution in [2.24, 2.45) is 0 Å². The van der Waals surface area contributed by atoms with Gasteiger partial charge in [0, 0.05) is 18.3 Å². The van der Waals surface area contributed by atoms with E-state index in [1.54, 1.807) is 38.2 Å². The van der Waals surface area contributed by atoms with Gasteiger partial charge in [-0.2, -0.15) is 0 Å². The lowest BCUT2D eigenvalue weighted by molar-refractivity contribution is -0.125. The van der Waals surface area contributed by atoms with Gasteiger partial charge in [-0.15, -0.1) is 0 Å². The van der Waals surface area contributed by atoms with Crippen molar-refractivity contribution < 1.29 is 14.4 Å². The predicted molar refractivity (Wildman–Crippen MR) is 114 cm³/mol. The van der Waals surface area contributed by atoms with Gasteiger partial charge in [-0.25, -0.2) is 0 Å². The molecule has 0 unspecified atom stereocenters. The van der Waals surface area contributed by atoms with Crippen molar-refractivity contribution in [2.75, 3.05) is 12.4 Å². The van der Waals surface area contributed by atoms with Crippen molar-refractivity contribution in [1.29, 1.82) is 0 Å². The largest absolute Gasteiger partial charge is 0.355 e. The van der Waals surface area contributed by atoms with Gasteiger partial charge in [-0.1, -0.05) is 42.5 Å². The van der Waals surface area contributed by atoms with Gasteiger partial charge in [0.2, 0.25) is 11.8 Å². The maximum atomic E-state index is 12.4. The SMILES string of the molecule is CNC(=O)c1ccc(NC(=O)[C@H](C)NC(=O)Cc2cccc3ccccc23)cc1. The normalized spacial score (nSPS) is 11.5. The highest BCUT2D eigenvalue weighted by Crippen LogP contribution is 2.19. The Bertz CT molecular complexity index is 1040. The van der Waals surface area contributed by atoms with Gasteiger partial charge in [-0.05, 0) is 47.5 Å². The Labute approximate surface area is 169 Å². The fourth-order valence-electron chi connectivity index (χ4n) is 3.08. The number of carbonyl (C=O) groups excluding carboxylic acids is 3. The number of nitrogens with one attached hydrogen (secondary N) is 3. The van der Waals surface area contributed by atoms with E-state index in [-0.39, 0.29) is 24.1 Å². The van der Waals surface area contributed by atoms with Crippen LogP contribution in [-0.4, -0.2) is 30.8 Å². The fraction of sp³-hybridized carbons (Fsp3) is 0.174. The zero-order valence-electron chi connectivity index (χ0n) is 16.4. The Kier molecular flexibility index (Phi) is 6.24. The minimum atomic E-state index is -0.698. The predicted octanol–water partition coefficient (Wildman–Crippen LogP) is 2.89. The second-order valence-corrected chi connectivity index (χ2v) is 6.75. The van der Waals surface area contributed by atoms with Crippen LogP contribution in [0.5, 0.6) is 0 Å². The molecule has 6 heteroatoms. The number of carbonyl (C=O) groups is 3. The molecule has 0 radical (unpaired) electrons. The van der Waals surface area contributed by atoms with Crippen LogP contribution in [0.4, 0.5) is 5.69 Å². The van der Waals surface area contributed by atoms with E-state index in [1.165, 1.54) is 0 Å². The van der Waals surface area contributed by atoms with E-state index in [9.17, 15) is 14.4 Å². The molecule has 0 spiro atoms. The molecule has 3 rings (SSSR count). The van der Waals surface area contributed by atoms with Gasteiger partial charge in [0.1, 0.15) is 6.04 Å². The van der Waals surface area contributed by atoms with Crippen LogP contribution in [0.25, 0.3) is 10.8 Å². The maximum Gasteiger partial charge on any atom is 0.251 e. The molecular weight excluding hydrogens is 366 g/mol. The summed E-state index contributed by atoms with van der Waals surface area (Å²) in [6.07, 6.45) is 0.194. The smallest absolute Gasteiger partial charge is 0.251 e. The third kappa shape index (κ3) is 4.99. The Morgan fingerprint density at radius 2 is 1.59 bits per heavy atom. The minimum absolute atomic E-state index is 0.194. The molecular formula is C23H23N3O3. The van der Waals surface area contributed by atoms with Crippen LogP contribution in [-0.2, 0) is 16.0 Å². The van der Waals surface area contributed by atoms with Crippen LogP contribution in [0.1, 0.15) is 22.8 Å². The summed E-state index contributed by atoms with van der Waals surface area (Å²) in [5.74, 6) is -0.750. The number of hydrogen-bond donors (Lipinski definition) is 3. The molecule has 0 heterocycles. The summed E-state index contributed by atoms with van der Waals surface area (Å²) in [6.45, 7) is 1.63. The minimum Gasteiger partial charge on any atom is -0.355 e. The summed E-state index contributed by atoms with van der Waals surface area (Å²) in [4.78, 5) is 36.4. The van der Waals surface area contributed by atoms with Crippen molar-refractivity contribution in [3.63, 3.8) is 0 Å². The second-order valence-electron chi connectivity index (χ2n) is 6.75. The van der Waals surface area contributed by atoms with E-state index in [0.29, 0.717) is 11.3 Å². The third-order valence-corrected chi connectivity index (χ3v) is 4.64. The summed E-state index contributed by atoms with van der Waals surface area (Å²) < 4.78 is 0. The Morgan fingerprint density at radius 3 is 2.31 bits per heavy atom. The zero-order chi connectivity index (χ0) is 20.8. The van der Waals surface area contributed by atoms with Crippen molar-refractivity contribution in [3.8, 4) is 0 Å². The molecule has 3 N–H and O–H groups in total. The molecule has 1 atom stereocenters. The first-order valence-corrected chi connectivity index (χ1v) is 9.37.